The molecule has 0 unspecified atom stereocenters. The third kappa shape index (κ3) is 6.25. The van der Waals surface area contributed by atoms with Crippen molar-refractivity contribution >= 4 is 5.96 Å². The third-order valence-electron chi connectivity index (χ3n) is 5.12. The second-order valence-corrected chi connectivity index (χ2v) is 7.32. The Morgan fingerprint density at radius 3 is 2.58 bits per heavy atom. The zero-order valence-electron chi connectivity index (χ0n) is 18.7. The number of nitrogens with zero attached hydrogens (tertiary/aromatic N) is 4. The number of imidazole rings is 1. The van der Waals surface area contributed by atoms with E-state index in [-0.39, 0.29) is 0 Å². The number of aliphatic imine (C=N–C) groups is 1. The van der Waals surface area contributed by atoms with E-state index in [0.717, 1.165) is 37.0 Å². The lowest BCUT2D eigenvalue weighted by Crippen LogP contribution is -2.39. The Kier molecular flexibility index (Phi) is 7.92. The van der Waals surface area contributed by atoms with Gasteiger partial charge in [-0.3, -0.25) is 4.99 Å². The van der Waals surface area contributed by atoms with Crippen LogP contribution in [-0.4, -0.2) is 55.3 Å². The van der Waals surface area contributed by atoms with Gasteiger partial charge in [-0.15, -0.1) is 0 Å². The summed E-state index contributed by atoms with van der Waals surface area (Å²) in [6.45, 7) is 2.36. The van der Waals surface area contributed by atoms with Gasteiger partial charge in [0.15, 0.2) is 17.5 Å². The summed E-state index contributed by atoms with van der Waals surface area (Å²) in [5.74, 6) is 2.36. The molecule has 0 amide bonds. The molecule has 3 rings (SSSR count). The highest BCUT2D eigenvalue weighted by atomic mass is 16.5. The number of hydrogen-bond donors (Lipinski definition) is 1. The van der Waals surface area contributed by atoms with E-state index in [0.29, 0.717) is 6.54 Å². The maximum Gasteiger partial charge on any atom is 0.193 e. The Labute approximate surface area is 184 Å². The highest BCUT2D eigenvalue weighted by Crippen LogP contribution is 2.27. The number of nitrogens with one attached hydrogen (secondary N) is 1. The largest absolute Gasteiger partial charge is 0.493 e. The molecule has 1 heterocycles. The monoisotopic (exact) mass is 421 g/mol. The Balaban J connectivity index is 1.54. The number of ether oxygens (including phenoxy) is 2. The molecule has 0 radical (unpaired) electrons. The molecule has 0 bridgehead atoms. The SMILES string of the molecule is CN=C(NCc1cccc(Cn2ccnc2)c1)N(C)CCc1ccc(OC)c(OC)c1. The molecular formula is C24H31N5O2. The maximum absolute atomic E-state index is 5.40. The predicted octanol–water partition coefficient (Wildman–Crippen LogP) is 3.20. The van der Waals surface area contributed by atoms with Gasteiger partial charge in [0, 0.05) is 46.1 Å². The minimum absolute atomic E-state index is 0.713. The number of benzene rings is 2. The summed E-state index contributed by atoms with van der Waals surface area (Å²) < 4.78 is 12.8. The van der Waals surface area contributed by atoms with Gasteiger partial charge in [-0.2, -0.15) is 0 Å². The fourth-order valence-corrected chi connectivity index (χ4v) is 3.43. The molecule has 0 spiro atoms. The van der Waals surface area contributed by atoms with Crippen LogP contribution in [0, 0.1) is 0 Å². The van der Waals surface area contributed by atoms with Crippen LogP contribution in [-0.2, 0) is 19.5 Å². The van der Waals surface area contributed by atoms with E-state index >= 15 is 0 Å². The normalized spacial score (nSPS) is 11.3. The van der Waals surface area contributed by atoms with Gasteiger partial charge in [-0.25, -0.2) is 4.98 Å². The molecule has 0 saturated heterocycles. The van der Waals surface area contributed by atoms with Crippen LogP contribution < -0.4 is 14.8 Å². The average molecular weight is 422 g/mol. The Morgan fingerprint density at radius 1 is 1.06 bits per heavy atom. The molecule has 0 aliphatic carbocycles. The van der Waals surface area contributed by atoms with Crippen molar-refractivity contribution in [2.24, 2.45) is 4.99 Å². The van der Waals surface area contributed by atoms with Crippen molar-refractivity contribution in [2.75, 3.05) is 34.9 Å². The van der Waals surface area contributed by atoms with Gasteiger partial charge in [0.2, 0.25) is 0 Å². The van der Waals surface area contributed by atoms with E-state index in [4.69, 9.17) is 9.47 Å². The second kappa shape index (κ2) is 11.1. The quantitative estimate of drug-likeness (QED) is 0.425. The summed E-state index contributed by atoms with van der Waals surface area (Å²) in [5, 5.41) is 3.46. The van der Waals surface area contributed by atoms with Crippen LogP contribution >= 0.6 is 0 Å². The van der Waals surface area contributed by atoms with Gasteiger partial charge < -0.3 is 24.3 Å². The fourth-order valence-electron chi connectivity index (χ4n) is 3.43. The number of guanidine groups is 1. The van der Waals surface area contributed by atoms with E-state index in [9.17, 15) is 0 Å². The molecule has 7 nitrogen and oxygen atoms in total. The molecule has 0 saturated carbocycles. The van der Waals surface area contributed by atoms with Gasteiger partial charge in [-0.1, -0.05) is 30.3 Å². The summed E-state index contributed by atoms with van der Waals surface area (Å²) in [6.07, 6.45) is 6.48. The average Bonchev–Trinajstić information content (AvgIpc) is 3.31. The molecule has 0 fully saturated rings. The molecule has 0 aliphatic rings. The van der Waals surface area contributed by atoms with Gasteiger partial charge in [0.25, 0.3) is 0 Å². The standard InChI is InChI=1S/C24H31N5O2/c1-25-24(28(2)12-10-19-8-9-22(30-3)23(15-19)31-4)27-16-20-6-5-7-21(14-20)17-29-13-11-26-18-29/h5-9,11,13-15,18H,10,12,16-17H2,1-4H3,(H,25,27). The van der Waals surface area contributed by atoms with Crippen LogP contribution in [0.2, 0.25) is 0 Å². The lowest BCUT2D eigenvalue weighted by molar-refractivity contribution is 0.354. The molecule has 0 atom stereocenters. The van der Waals surface area contributed by atoms with Crippen molar-refractivity contribution in [1.29, 1.82) is 0 Å². The van der Waals surface area contributed by atoms with Crippen LogP contribution in [0.3, 0.4) is 0 Å². The minimum Gasteiger partial charge on any atom is -0.493 e. The van der Waals surface area contributed by atoms with Gasteiger partial charge in [-0.05, 0) is 35.2 Å². The van der Waals surface area contributed by atoms with Crippen LogP contribution in [0.5, 0.6) is 11.5 Å². The van der Waals surface area contributed by atoms with E-state index in [1.165, 1.54) is 16.7 Å². The number of aromatic nitrogens is 2. The predicted molar refractivity (Wildman–Crippen MR) is 124 cm³/mol. The zero-order chi connectivity index (χ0) is 22.1. The van der Waals surface area contributed by atoms with Crippen LogP contribution in [0.4, 0.5) is 0 Å². The molecule has 31 heavy (non-hydrogen) atoms. The van der Waals surface area contributed by atoms with Gasteiger partial charge in [0.1, 0.15) is 0 Å². The van der Waals surface area contributed by atoms with Crippen molar-refractivity contribution in [2.45, 2.75) is 19.5 Å². The number of hydrogen-bond acceptors (Lipinski definition) is 4. The molecule has 1 aromatic heterocycles. The second-order valence-electron chi connectivity index (χ2n) is 7.32. The van der Waals surface area contributed by atoms with Crippen molar-refractivity contribution in [3.05, 3.63) is 77.9 Å². The van der Waals surface area contributed by atoms with Crippen LogP contribution in [0.25, 0.3) is 0 Å². The highest BCUT2D eigenvalue weighted by molar-refractivity contribution is 5.79. The smallest absolute Gasteiger partial charge is 0.193 e. The highest BCUT2D eigenvalue weighted by Gasteiger charge is 2.09. The molecule has 2 aromatic carbocycles. The zero-order valence-corrected chi connectivity index (χ0v) is 18.7. The number of methoxy groups -OCH3 is 2. The number of rotatable bonds is 9. The van der Waals surface area contributed by atoms with Crippen LogP contribution in [0.1, 0.15) is 16.7 Å². The topological polar surface area (TPSA) is 63.9 Å². The lowest BCUT2D eigenvalue weighted by Gasteiger charge is -2.22. The summed E-state index contributed by atoms with van der Waals surface area (Å²) in [7, 11) is 7.16. The van der Waals surface area contributed by atoms with Crippen molar-refractivity contribution < 1.29 is 9.47 Å². The molecule has 164 valence electrons. The maximum atomic E-state index is 5.40. The summed E-state index contributed by atoms with van der Waals surface area (Å²) >= 11 is 0. The van der Waals surface area contributed by atoms with Gasteiger partial charge in [0.05, 0.1) is 20.5 Å². The molecule has 7 heteroatoms. The molecule has 1 N–H and O–H groups in total. The molecular weight excluding hydrogens is 390 g/mol. The number of likely N-dealkylation sites (N-methyl/N-ethyl adjacent to an activating group) is 1. The van der Waals surface area contributed by atoms with E-state index in [2.05, 4.69) is 55.1 Å². The molecule has 0 aliphatic heterocycles. The summed E-state index contributed by atoms with van der Waals surface area (Å²) in [6, 6.07) is 14.6. The summed E-state index contributed by atoms with van der Waals surface area (Å²) in [5.41, 5.74) is 3.65. The van der Waals surface area contributed by atoms with Crippen molar-refractivity contribution in [1.82, 2.24) is 19.8 Å². The first-order valence-electron chi connectivity index (χ1n) is 10.3. The van der Waals surface area contributed by atoms with Gasteiger partial charge >= 0.3 is 0 Å². The van der Waals surface area contributed by atoms with Crippen molar-refractivity contribution in [3.63, 3.8) is 0 Å². The van der Waals surface area contributed by atoms with Crippen LogP contribution in [0.15, 0.2) is 66.2 Å². The van der Waals surface area contributed by atoms with E-state index < -0.39 is 0 Å². The first kappa shape index (κ1) is 22.2. The Morgan fingerprint density at radius 2 is 1.87 bits per heavy atom. The first-order valence-corrected chi connectivity index (χ1v) is 10.3. The Hall–Kier alpha value is -3.48. The van der Waals surface area contributed by atoms with E-state index in [1.807, 2.05) is 38.8 Å². The van der Waals surface area contributed by atoms with Crippen molar-refractivity contribution in [3.8, 4) is 11.5 Å². The minimum atomic E-state index is 0.713. The third-order valence-corrected chi connectivity index (χ3v) is 5.12. The summed E-state index contributed by atoms with van der Waals surface area (Å²) in [4.78, 5) is 10.7. The fraction of sp³-hybridized carbons (Fsp3) is 0.333. The van der Waals surface area contributed by atoms with E-state index in [1.54, 1.807) is 20.4 Å². The first-order chi connectivity index (χ1) is 15.1. The molecule has 3 aromatic rings. The lowest BCUT2D eigenvalue weighted by atomic mass is 10.1. The Bertz CT molecular complexity index is 985.